The van der Waals surface area contributed by atoms with Crippen LogP contribution in [0.3, 0.4) is 0 Å². The highest BCUT2D eigenvalue weighted by atomic mass is 16.5. The van der Waals surface area contributed by atoms with Crippen LogP contribution in [-0.4, -0.2) is 18.1 Å². The van der Waals surface area contributed by atoms with Gasteiger partial charge in [-0.15, -0.1) is 0 Å². The predicted molar refractivity (Wildman–Crippen MR) is 74.6 cm³/mol. The molecule has 1 saturated carbocycles. The number of hydrogen-bond acceptors (Lipinski definition) is 2. The predicted octanol–water partition coefficient (Wildman–Crippen LogP) is 3.10. The minimum Gasteiger partial charge on any atom is -0.489 e. The summed E-state index contributed by atoms with van der Waals surface area (Å²) in [5.74, 6) is 1.80. The van der Waals surface area contributed by atoms with E-state index in [1.807, 2.05) is 12.1 Å². The van der Waals surface area contributed by atoms with Crippen LogP contribution in [0.4, 0.5) is 0 Å². The Bertz CT molecular complexity index is 507. The molecule has 2 aliphatic rings. The van der Waals surface area contributed by atoms with E-state index in [1.54, 1.807) is 0 Å². The van der Waals surface area contributed by atoms with Gasteiger partial charge in [-0.1, -0.05) is 19.1 Å². The van der Waals surface area contributed by atoms with E-state index < -0.39 is 0 Å². The summed E-state index contributed by atoms with van der Waals surface area (Å²) < 4.78 is 5.87. The number of rotatable bonds is 3. The molecule has 3 nitrogen and oxygen atoms in total. The van der Waals surface area contributed by atoms with E-state index in [0.29, 0.717) is 17.4 Å². The van der Waals surface area contributed by atoms with E-state index in [9.17, 15) is 4.79 Å². The van der Waals surface area contributed by atoms with Gasteiger partial charge in [-0.2, -0.15) is 0 Å². The normalized spacial score (nSPS) is 26.5. The number of ether oxygens (including phenoxy) is 1. The minimum atomic E-state index is -0.00227. The van der Waals surface area contributed by atoms with E-state index in [1.165, 1.54) is 12.8 Å². The molecule has 3 rings (SSSR count). The molecular formula is C16H21NO2. The van der Waals surface area contributed by atoms with Gasteiger partial charge in [0, 0.05) is 17.5 Å². The number of carbonyl (C=O) groups excluding carboxylic acids is 1. The van der Waals surface area contributed by atoms with Crippen LogP contribution in [0, 0.1) is 5.92 Å². The molecule has 1 fully saturated rings. The highest BCUT2D eigenvalue weighted by Crippen LogP contribution is 2.40. The first-order valence-electron chi connectivity index (χ1n) is 7.18. The quantitative estimate of drug-likeness (QED) is 0.905. The molecule has 1 heterocycles. The molecule has 0 bridgehead atoms. The monoisotopic (exact) mass is 259 g/mol. The molecule has 1 aliphatic heterocycles. The molecule has 0 spiro atoms. The number of benzene rings is 1. The summed E-state index contributed by atoms with van der Waals surface area (Å²) in [6, 6.07) is 6.14. The van der Waals surface area contributed by atoms with Crippen LogP contribution < -0.4 is 10.1 Å². The molecule has 0 aromatic heterocycles. The fourth-order valence-electron chi connectivity index (χ4n) is 2.76. The third-order valence-electron chi connectivity index (χ3n) is 4.48. The van der Waals surface area contributed by atoms with Gasteiger partial charge < -0.3 is 10.1 Å². The standard InChI is InChI=1S/C16H21NO2/c1-9-11(3)19-15-13(9)5-4-6-14(15)16(18)17-10(2)12-7-8-12/h4-6,9-12H,7-8H2,1-3H3,(H,17,18)/t9-,10+,11+/m1/s1. The van der Waals surface area contributed by atoms with E-state index >= 15 is 0 Å². The lowest BCUT2D eigenvalue weighted by molar-refractivity contribution is 0.0931. The van der Waals surface area contributed by atoms with Crippen LogP contribution in [0.15, 0.2) is 18.2 Å². The molecule has 3 atom stereocenters. The van der Waals surface area contributed by atoms with Gasteiger partial charge in [0.05, 0.1) is 5.56 Å². The smallest absolute Gasteiger partial charge is 0.255 e. The zero-order valence-corrected chi connectivity index (χ0v) is 11.8. The molecule has 1 aliphatic carbocycles. The van der Waals surface area contributed by atoms with E-state index in [-0.39, 0.29) is 18.1 Å². The van der Waals surface area contributed by atoms with E-state index in [2.05, 4.69) is 32.2 Å². The van der Waals surface area contributed by atoms with Crippen molar-refractivity contribution in [2.24, 2.45) is 5.92 Å². The van der Waals surface area contributed by atoms with Gasteiger partial charge in [-0.05, 0) is 38.7 Å². The Balaban J connectivity index is 1.83. The highest BCUT2D eigenvalue weighted by molar-refractivity contribution is 5.97. The van der Waals surface area contributed by atoms with Gasteiger partial charge in [0.1, 0.15) is 11.9 Å². The molecule has 1 aromatic carbocycles. The van der Waals surface area contributed by atoms with Crippen molar-refractivity contribution in [3.63, 3.8) is 0 Å². The minimum absolute atomic E-state index is 0.00227. The van der Waals surface area contributed by atoms with Crippen LogP contribution in [0.25, 0.3) is 0 Å². The average molecular weight is 259 g/mol. The lowest BCUT2D eigenvalue weighted by Gasteiger charge is -2.14. The van der Waals surface area contributed by atoms with Crippen molar-refractivity contribution in [1.29, 1.82) is 0 Å². The topological polar surface area (TPSA) is 38.3 Å². The summed E-state index contributed by atoms with van der Waals surface area (Å²) in [4.78, 5) is 12.4. The molecule has 1 amide bonds. The highest BCUT2D eigenvalue weighted by Gasteiger charge is 2.33. The van der Waals surface area contributed by atoms with Crippen LogP contribution in [0.2, 0.25) is 0 Å². The molecule has 0 radical (unpaired) electrons. The maximum absolute atomic E-state index is 12.4. The van der Waals surface area contributed by atoms with Crippen LogP contribution in [0.5, 0.6) is 5.75 Å². The number of nitrogens with one attached hydrogen (secondary N) is 1. The third kappa shape index (κ3) is 2.22. The summed E-state index contributed by atoms with van der Waals surface area (Å²) in [6.07, 6.45) is 2.61. The Morgan fingerprint density at radius 2 is 2.11 bits per heavy atom. The summed E-state index contributed by atoms with van der Waals surface area (Å²) in [5, 5.41) is 3.10. The fourth-order valence-corrected chi connectivity index (χ4v) is 2.76. The second-order valence-corrected chi connectivity index (χ2v) is 5.94. The third-order valence-corrected chi connectivity index (χ3v) is 4.48. The Labute approximate surface area is 114 Å². The van der Waals surface area contributed by atoms with Crippen molar-refractivity contribution in [2.75, 3.05) is 0 Å². The van der Waals surface area contributed by atoms with Crippen molar-refractivity contribution < 1.29 is 9.53 Å². The average Bonchev–Trinajstić information content (AvgIpc) is 3.18. The van der Waals surface area contributed by atoms with Gasteiger partial charge >= 0.3 is 0 Å². The zero-order chi connectivity index (χ0) is 13.6. The fraction of sp³-hybridized carbons (Fsp3) is 0.562. The number of hydrogen-bond donors (Lipinski definition) is 1. The van der Waals surface area contributed by atoms with Gasteiger partial charge in [0.2, 0.25) is 0 Å². The molecule has 0 unspecified atom stereocenters. The van der Waals surface area contributed by atoms with Gasteiger partial charge in [0.15, 0.2) is 0 Å². The number of fused-ring (bicyclic) bond motifs is 1. The van der Waals surface area contributed by atoms with Crippen LogP contribution in [0.1, 0.15) is 55.5 Å². The first kappa shape index (κ1) is 12.5. The van der Waals surface area contributed by atoms with Crippen molar-refractivity contribution in [2.45, 2.75) is 51.7 Å². The summed E-state index contributed by atoms with van der Waals surface area (Å²) in [6.45, 7) is 6.29. The molecular weight excluding hydrogens is 238 g/mol. The second kappa shape index (κ2) is 4.55. The lowest BCUT2D eigenvalue weighted by atomic mass is 9.96. The van der Waals surface area contributed by atoms with Gasteiger partial charge in [-0.3, -0.25) is 4.79 Å². The number of amides is 1. The van der Waals surface area contributed by atoms with Crippen LogP contribution in [-0.2, 0) is 0 Å². The van der Waals surface area contributed by atoms with Crippen molar-refractivity contribution in [1.82, 2.24) is 5.32 Å². The Hall–Kier alpha value is -1.51. The SMILES string of the molecule is C[C@H](NC(=O)c1cccc2c1O[C@@H](C)[C@H]2C)C1CC1. The summed E-state index contributed by atoms with van der Waals surface area (Å²) >= 11 is 0. The Kier molecular flexibility index (Phi) is 3.00. The maximum Gasteiger partial charge on any atom is 0.255 e. The van der Waals surface area contributed by atoms with Gasteiger partial charge in [0.25, 0.3) is 5.91 Å². The summed E-state index contributed by atoms with van der Waals surface area (Å²) in [5.41, 5.74) is 1.83. The van der Waals surface area contributed by atoms with Crippen LogP contribution >= 0.6 is 0 Å². The first-order valence-corrected chi connectivity index (χ1v) is 7.18. The van der Waals surface area contributed by atoms with Crippen molar-refractivity contribution in [3.8, 4) is 5.75 Å². The zero-order valence-electron chi connectivity index (χ0n) is 11.8. The lowest BCUT2D eigenvalue weighted by Crippen LogP contribution is -2.34. The molecule has 19 heavy (non-hydrogen) atoms. The first-order chi connectivity index (χ1) is 9.08. The molecule has 0 saturated heterocycles. The maximum atomic E-state index is 12.4. The van der Waals surface area contributed by atoms with E-state index in [0.717, 1.165) is 11.3 Å². The van der Waals surface area contributed by atoms with Crippen molar-refractivity contribution >= 4 is 5.91 Å². The Morgan fingerprint density at radius 1 is 1.37 bits per heavy atom. The molecule has 1 N–H and O–H groups in total. The van der Waals surface area contributed by atoms with Gasteiger partial charge in [-0.25, -0.2) is 0 Å². The molecule has 102 valence electrons. The second-order valence-electron chi connectivity index (χ2n) is 5.94. The molecule has 3 heteroatoms. The number of carbonyl (C=O) groups is 1. The van der Waals surface area contributed by atoms with E-state index in [4.69, 9.17) is 4.74 Å². The summed E-state index contributed by atoms with van der Waals surface area (Å²) in [7, 11) is 0. The molecule has 1 aromatic rings. The van der Waals surface area contributed by atoms with Crippen molar-refractivity contribution in [3.05, 3.63) is 29.3 Å². The number of para-hydroxylation sites is 1. The largest absolute Gasteiger partial charge is 0.489 e. The Morgan fingerprint density at radius 3 is 2.79 bits per heavy atom.